The minimum atomic E-state index is -0.291. The first kappa shape index (κ1) is 14.1. The van der Waals surface area contributed by atoms with Crippen LogP contribution < -0.4 is 10.6 Å². The number of benzene rings is 1. The Kier molecular flexibility index (Phi) is 5.59. The van der Waals surface area contributed by atoms with E-state index in [2.05, 4.69) is 24.5 Å². The van der Waals surface area contributed by atoms with Crippen LogP contribution in [0.1, 0.15) is 20.3 Å². The number of rotatable bonds is 4. The zero-order valence-corrected chi connectivity index (χ0v) is 11.4. The number of hydrogen-bond acceptors (Lipinski definition) is 1. The third kappa shape index (κ3) is 4.84. The first-order chi connectivity index (χ1) is 8.00. The number of para-hydroxylation sites is 1. The number of carbonyl (C=O) groups is 1. The summed E-state index contributed by atoms with van der Waals surface area (Å²) in [7, 11) is 0. The van der Waals surface area contributed by atoms with Gasteiger partial charge in [0.25, 0.3) is 0 Å². The van der Waals surface area contributed by atoms with Gasteiger partial charge in [-0.15, -0.1) is 0 Å². The Bertz CT molecular complexity index is 374. The van der Waals surface area contributed by atoms with Crippen molar-refractivity contribution in [1.82, 2.24) is 5.32 Å². The molecule has 17 heavy (non-hydrogen) atoms. The highest BCUT2D eigenvalue weighted by Crippen LogP contribution is 2.29. The molecule has 0 saturated heterocycles. The fourth-order valence-corrected chi connectivity index (χ4v) is 1.74. The Hall–Kier alpha value is -0.930. The van der Waals surface area contributed by atoms with Gasteiger partial charge in [0.2, 0.25) is 0 Å². The van der Waals surface area contributed by atoms with Crippen molar-refractivity contribution in [2.45, 2.75) is 20.3 Å². The highest BCUT2D eigenvalue weighted by Gasteiger charge is 2.08. The normalized spacial score (nSPS) is 10.4. The van der Waals surface area contributed by atoms with Crippen molar-refractivity contribution in [3.05, 3.63) is 28.2 Å². The van der Waals surface area contributed by atoms with Gasteiger partial charge in [0, 0.05) is 6.54 Å². The molecule has 0 aliphatic heterocycles. The SMILES string of the molecule is CC(C)CCNC(=O)Nc1c(Cl)cccc1Cl. The molecule has 0 unspecified atom stereocenters. The number of amides is 2. The molecule has 0 saturated carbocycles. The van der Waals surface area contributed by atoms with Gasteiger partial charge in [-0.3, -0.25) is 0 Å². The molecule has 3 nitrogen and oxygen atoms in total. The summed E-state index contributed by atoms with van der Waals surface area (Å²) in [5.74, 6) is 0.555. The van der Waals surface area contributed by atoms with E-state index >= 15 is 0 Å². The van der Waals surface area contributed by atoms with Crippen LogP contribution in [0, 0.1) is 5.92 Å². The third-order valence-corrected chi connectivity index (χ3v) is 2.84. The van der Waals surface area contributed by atoms with Crippen LogP contribution in [0.3, 0.4) is 0 Å². The van der Waals surface area contributed by atoms with Crippen LogP contribution in [0.25, 0.3) is 0 Å². The van der Waals surface area contributed by atoms with Crippen LogP contribution in [0.2, 0.25) is 10.0 Å². The molecule has 0 bridgehead atoms. The quantitative estimate of drug-likeness (QED) is 0.851. The molecule has 0 spiro atoms. The summed E-state index contributed by atoms with van der Waals surface area (Å²) < 4.78 is 0. The lowest BCUT2D eigenvalue weighted by Gasteiger charge is -2.11. The van der Waals surface area contributed by atoms with Crippen LogP contribution in [-0.2, 0) is 0 Å². The maximum absolute atomic E-state index is 11.6. The van der Waals surface area contributed by atoms with E-state index in [0.717, 1.165) is 6.42 Å². The summed E-state index contributed by atoms with van der Waals surface area (Å²) in [6, 6.07) is 4.79. The molecule has 0 atom stereocenters. The predicted molar refractivity (Wildman–Crippen MR) is 72.9 cm³/mol. The Morgan fingerprint density at radius 1 is 1.29 bits per heavy atom. The van der Waals surface area contributed by atoms with Crippen LogP contribution in [0.4, 0.5) is 10.5 Å². The maximum Gasteiger partial charge on any atom is 0.319 e. The molecular weight excluding hydrogens is 259 g/mol. The summed E-state index contributed by atoms with van der Waals surface area (Å²) in [4.78, 5) is 11.6. The highest BCUT2D eigenvalue weighted by molar-refractivity contribution is 6.39. The standard InChI is InChI=1S/C12H16Cl2N2O/c1-8(2)6-7-15-12(17)16-11-9(13)4-3-5-10(11)14/h3-5,8H,6-7H2,1-2H3,(H2,15,16,17). The number of carbonyl (C=O) groups excluding carboxylic acids is 1. The van der Waals surface area contributed by atoms with Gasteiger partial charge < -0.3 is 10.6 Å². The molecule has 0 radical (unpaired) electrons. The molecule has 2 amide bonds. The second-order valence-electron chi connectivity index (χ2n) is 4.16. The van der Waals surface area contributed by atoms with Gasteiger partial charge in [-0.25, -0.2) is 4.79 Å². The Balaban J connectivity index is 2.51. The van der Waals surface area contributed by atoms with Gasteiger partial charge in [0.15, 0.2) is 0 Å². The topological polar surface area (TPSA) is 41.1 Å². The number of urea groups is 1. The van der Waals surface area contributed by atoms with Gasteiger partial charge >= 0.3 is 6.03 Å². The summed E-state index contributed by atoms with van der Waals surface area (Å²) in [5.41, 5.74) is 0.442. The lowest BCUT2D eigenvalue weighted by atomic mass is 10.1. The van der Waals surface area contributed by atoms with E-state index in [0.29, 0.717) is 28.2 Å². The number of nitrogens with one attached hydrogen (secondary N) is 2. The first-order valence-corrected chi connectivity index (χ1v) is 6.25. The maximum atomic E-state index is 11.6. The lowest BCUT2D eigenvalue weighted by Crippen LogP contribution is -2.30. The molecular formula is C12H16Cl2N2O. The molecule has 0 aliphatic rings. The van der Waals surface area contributed by atoms with Gasteiger partial charge in [-0.2, -0.15) is 0 Å². The Labute approximate surface area is 111 Å². The average Bonchev–Trinajstić information content (AvgIpc) is 2.23. The summed E-state index contributed by atoms with van der Waals surface area (Å²) in [6.45, 7) is 4.83. The van der Waals surface area contributed by atoms with E-state index in [1.807, 2.05) is 0 Å². The van der Waals surface area contributed by atoms with E-state index in [1.54, 1.807) is 18.2 Å². The molecule has 1 aromatic carbocycles. The van der Waals surface area contributed by atoms with Crippen molar-refractivity contribution in [1.29, 1.82) is 0 Å². The second-order valence-corrected chi connectivity index (χ2v) is 4.97. The van der Waals surface area contributed by atoms with Gasteiger partial charge in [0.05, 0.1) is 15.7 Å². The molecule has 0 aromatic heterocycles. The fourth-order valence-electron chi connectivity index (χ4n) is 1.25. The number of hydrogen-bond donors (Lipinski definition) is 2. The third-order valence-electron chi connectivity index (χ3n) is 2.21. The monoisotopic (exact) mass is 274 g/mol. The van der Waals surface area contributed by atoms with Crippen molar-refractivity contribution >= 4 is 34.9 Å². The van der Waals surface area contributed by atoms with Crippen molar-refractivity contribution in [2.24, 2.45) is 5.92 Å². The Morgan fingerprint density at radius 2 is 1.88 bits per heavy atom. The zero-order valence-electron chi connectivity index (χ0n) is 9.89. The molecule has 0 aliphatic carbocycles. The zero-order chi connectivity index (χ0) is 12.8. The predicted octanol–water partition coefficient (Wildman–Crippen LogP) is 4.16. The summed E-state index contributed by atoms with van der Waals surface area (Å²) in [5, 5.41) is 6.24. The second kappa shape index (κ2) is 6.72. The fraction of sp³-hybridized carbons (Fsp3) is 0.417. The van der Waals surface area contributed by atoms with Crippen LogP contribution in [0.15, 0.2) is 18.2 Å². The van der Waals surface area contributed by atoms with E-state index in [9.17, 15) is 4.79 Å². The summed E-state index contributed by atoms with van der Waals surface area (Å²) >= 11 is 11.9. The molecule has 0 heterocycles. The van der Waals surface area contributed by atoms with Crippen molar-refractivity contribution in [2.75, 3.05) is 11.9 Å². The first-order valence-electron chi connectivity index (χ1n) is 5.49. The molecule has 0 fully saturated rings. The largest absolute Gasteiger partial charge is 0.338 e. The van der Waals surface area contributed by atoms with E-state index in [4.69, 9.17) is 23.2 Å². The highest BCUT2D eigenvalue weighted by atomic mass is 35.5. The molecule has 1 aromatic rings. The van der Waals surface area contributed by atoms with Crippen LogP contribution in [0.5, 0.6) is 0 Å². The van der Waals surface area contributed by atoms with Crippen molar-refractivity contribution < 1.29 is 4.79 Å². The van der Waals surface area contributed by atoms with E-state index in [-0.39, 0.29) is 6.03 Å². The number of halogens is 2. The van der Waals surface area contributed by atoms with E-state index in [1.165, 1.54) is 0 Å². The van der Waals surface area contributed by atoms with Gasteiger partial charge in [0.1, 0.15) is 0 Å². The summed E-state index contributed by atoms with van der Waals surface area (Å²) in [6.07, 6.45) is 0.934. The van der Waals surface area contributed by atoms with Crippen LogP contribution >= 0.6 is 23.2 Å². The van der Waals surface area contributed by atoms with E-state index < -0.39 is 0 Å². The molecule has 1 rings (SSSR count). The number of anilines is 1. The van der Waals surface area contributed by atoms with Gasteiger partial charge in [-0.1, -0.05) is 43.1 Å². The van der Waals surface area contributed by atoms with Gasteiger partial charge in [-0.05, 0) is 24.5 Å². The molecule has 5 heteroatoms. The van der Waals surface area contributed by atoms with Crippen LogP contribution in [-0.4, -0.2) is 12.6 Å². The Morgan fingerprint density at radius 3 is 2.41 bits per heavy atom. The minimum absolute atomic E-state index is 0.291. The molecule has 2 N–H and O–H groups in total. The minimum Gasteiger partial charge on any atom is -0.338 e. The van der Waals surface area contributed by atoms with Crippen molar-refractivity contribution in [3.8, 4) is 0 Å². The smallest absolute Gasteiger partial charge is 0.319 e. The average molecular weight is 275 g/mol. The molecule has 94 valence electrons. The lowest BCUT2D eigenvalue weighted by molar-refractivity contribution is 0.251. The van der Waals surface area contributed by atoms with Crippen molar-refractivity contribution in [3.63, 3.8) is 0 Å².